The third-order valence-electron chi connectivity index (χ3n) is 2.81. The Morgan fingerprint density at radius 3 is 2.63 bits per heavy atom. The van der Waals surface area contributed by atoms with Gasteiger partial charge in [0, 0.05) is 19.7 Å². The van der Waals surface area contributed by atoms with E-state index in [9.17, 15) is 8.42 Å². The van der Waals surface area contributed by atoms with Crippen molar-refractivity contribution in [2.45, 2.75) is 31.2 Å². The van der Waals surface area contributed by atoms with Gasteiger partial charge < -0.3 is 10.5 Å². The summed E-state index contributed by atoms with van der Waals surface area (Å²) < 4.78 is 31.7. The molecule has 1 rings (SSSR count). The van der Waals surface area contributed by atoms with Gasteiger partial charge in [-0.25, -0.2) is 13.1 Å². The average molecular weight is 286 g/mol. The van der Waals surface area contributed by atoms with Crippen molar-refractivity contribution < 1.29 is 13.2 Å². The third-order valence-corrected chi connectivity index (χ3v) is 4.43. The maximum atomic E-state index is 12.1. The van der Waals surface area contributed by atoms with Crippen LogP contribution in [0.5, 0.6) is 0 Å². The highest BCUT2D eigenvalue weighted by atomic mass is 32.2. The molecule has 0 saturated carbocycles. The fourth-order valence-corrected chi connectivity index (χ4v) is 3.13. The molecule has 0 aliphatic heterocycles. The number of ether oxygens (including phenoxy) is 1. The molecule has 5 nitrogen and oxygen atoms in total. The summed E-state index contributed by atoms with van der Waals surface area (Å²) in [5.41, 5.74) is 7.53. The zero-order chi connectivity index (χ0) is 14.5. The Labute approximate surface area is 115 Å². The van der Waals surface area contributed by atoms with Crippen LogP contribution < -0.4 is 10.5 Å². The molecule has 0 aromatic heterocycles. The van der Waals surface area contributed by atoms with Gasteiger partial charge in [-0.3, -0.25) is 0 Å². The monoisotopic (exact) mass is 286 g/mol. The SMILES string of the molecule is COCC(N)CCNS(=O)(=O)c1ccc(C)cc1C. The van der Waals surface area contributed by atoms with Crippen LogP contribution in [0, 0.1) is 13.8 Å². The van der Waals surface area contributed by atoms with Gasteiger partial charge in [0.15, 0.2) is 0 Å². The van der Waals surface area contributed by atoms with E-state index in [4.69, 9.17) is 10.5 Å². The normalized spacial score (nSPS) is 13.5. The molecular weight excluding hydrogens is 264 g/mol. The Morgan fingerprint density at radius 1 is 1.37 bits per heavy atom. The molecule has 1 aromatic carbocycles. The molecule has 0 fully saturated rings. The van der Waals surface area contributed by atoms with Crippen LogP contribution in [0.25, 0.3) is 0 Å². The molecule has 0 saturated heterocycles. The van der Waals surface area contributed by atoms with Crippen molar-refractivity contribution in [3.63, 3.8) is 0 Å². The number of methoxy groups -OCH3 is 1. The molecule has 0 aliphatic carbocycles. The lowest BCUT2D eigenvalue weighted by Gasteiger charge is -2.12. The molecule has 19 heavy (non-hydrogen) atoms. The Balaban J connectivity index is 2.66. The second kappa shape index (κ2) is 7.00. The first-order valence-electron chi connectivity index (χ1n) is 6.18. The average Bonchev–Trinajstić information content (AvgIpc) is 2.28. The fraction of sp³-hybridized carbons (Fsp3) is 0.538. The molecule has 1 aromatic rings. The second-order valence-electron chi connectivity index (χ2n) is 4.67. The standard InChI is InChI=1S/C13H22N2O3S/c1-10-4-5-13(11(2)8-10)19(16,17)15-7-6-12(14)9-18-3/h4-5,8,12,15H,6-7,9,14H2,1-3H3. The minimum absolute atomic E-state index is 0.160. The van der Waals surface area contributed by atoms with E-state index in [1.807, 2.05) is 13.0 Å². The van der Waals surface area contributed by atoms with E-state index in [0.717, 1.165) is 11.1 Å². The zero-order valence-corrected chi connectivity index (χ0v) is 12.5. The molecular formula is C13H22N2O3S. The van der Waals surface area contributed by atoms with Gasteiger partial charge in [0.1, 0.15) is 0 Å². The highest BCUT2D eigenvalue weighted by molar-refractivity contribution is 7.89. The summed E-state index contributed by atoms with van der Waals surface area (Å²) in [4.78, 5) is 0.318. The summed E-state index contributed by atoms with van der Waals surface area (Å²) >= 11 is 0. The fourth-order valence-electron chi connectivity index (χ4n) is 1.85. The molecule has 0 bridgehead atoms. The predicted octanol–water partition coefficient (Wildman–Crippen LogP) is 0.946. The molecule has 108 valence electrons. The topological polar surface area (TPSA) is 81.4 Å². The molecule has 1 unspecified atom stereocenters. The van der Waals surface area contributed by atoms with Crippen LogP contribution in [-0.4, -0.2) is 34.7 Å². The molecule has 0 heterocycles. The molecule has 1 atom stereocenters. The number of hydrogen-bond acceptors (Lipinski definition) is 4. The van der Waals surface area contributed by atoms with Gasteiger partial charge in [-0.1, -0.05) is 17.7 Å². The van der Waals surface area contributed by atoms with E-state index < -0.39 is 10.0 Å². The van der Waals surface area contributed by atoms with E-state index in [2.05, 4.69) is 4.72 Å². The number of nitrogens with two attached hydrogens (primary N) is 1. The first-order valence-corrected chi connectivity index (χ1v) is 7.66. The lowest BCUT2D eigenvalue weighted by molar-refractivity contribution is 0.177. The van der Waals surface area contributed by atoms with Gasteiger partial charge in [-0.15, -0.1) is 0 Å². The van der Waals surface area contributed by atoms with Gasteiger partial charge >= 0.3 is 0 Å². The lowest BCUT2D eigenvalue weighted by atomic mass is 10.2. The van der Waals surface area contributed by atoms with Gasteiger partial charge in [0.25, 0.3) is 0 Å². The zero-order valence-electron chi connectivity index (χ0n) is 11.6. The highest BCUT2D eigenvalue weighted by Gasteiger charge is 2.16. The predicted molar refractivity (Wildman–Crippen MR) is 75.6 cm³/mol. The first-order chi connectivity index (χ1) is 8.86. The number of benzene rings is 1. The molecule has 6 heteroatoms. The van der Waals surface area contributed by atoms with Crippen molar-refractivity contribution in [3.05, 3.63) is 29.3 Å². The maximum absolute atomic E-state index is 12.1. The largest absolute Gasteiger partial charge is 0.383 e. The molecule has 0 aliphatic rings. The Morgan fingerprint density at radius 2 is 2.05 bits per heavy atom. The highest BCUT2D eigenvalue weighted by Crippen LogP contribution is 2.16. The lowest BCUT2D eigenvalue weighted by Crippen LogP contribution is -2.33. The Kier molecular flexibility index (Phi) is 5.93. The van der Waals surface area contributed by atoms with Gasteiger partial charge in [0.05, 0.1) is 11.5 Å². The van der Waals surface area contributed by atoms with Crippen LogP contribution >= 0.6 is 0 Å². The summed E-state index contributed by atoms with van der Waals surface area (Å²) in [5.74, 6) is 0. The second-order valence-corrected chi connectivity index (χ2v) is 6.41. The van der Waals surface area contributed by atoms with Crippen LogP contribution in [0.3, 0.4) is 0 Å². The van der Waals surface area contributed by atoms with E-state index in [-0.39, 0.29) is 6.04 Å². The van der Waals surface area contributed by atoms with Crippen LogP contribution in [0.1, 0.15) is 17.5 Å². The van der Waals surface area contributed by atoms with Crippen molar-refractivity contribution in [2.75, 3.05) is 20.3 Å². The number of nitrogens with one attached hydrogen (secondary N) is 1. The van der Waals surface area contributed by atoms with Crippen molar-refractivity contribution in [2.24, 2.45) is 5.73 Å². The third kappa shape index (κ3) is 4.91. The van der Waals surface area contributed by atoms with Gasteiger partial charge in [0.2, 0.25) is 10.0 Å². The summed E-state index contributed by atoms with van der Waals surface area (Å²) in [6.45, 7) is 4.45. The van der Waals surface area contributed by atoms with Crippen LogP contribution in [0.4, 0.5) is 0 Å². The van der Waals surface area contributed by atoms with Crippen LogP contribution in [0.2, 0.25) is 0 Å². The quantitative estimate of drug-likeness (QED) is 0.782. The maximum Gasteiger partial charge on any atom is 0.240 e. The van der Waals surface area contributed by atoms with Crippen LogP contribution in [-0.2, 0) is 14.8 Å². The molecule has 0 spiro atoms. The van der Waals surface area contributed by atoms with Gasteiger partial charge in [-0.05, 0) is 31.9 Å². The number of hydrogen-bond donors (Lipinski definition) is 2. The molecule has 3 N–H and O–H groups in total. The van der Waals surface area contributed by atoms with Gasteiger partial charge in [-0.2, -0.15) is 0 Å². The minimum atomic E-state index is -3.46. The Hall–Kier alpha value is -0.950. The van der Waals surface area contributed by atoms with Crippen molar-refractivity contribution >= 4 is 10.0 Å². The summed E-state index contributed by atoms with van der Waals surface area (Å²) in [6, 6.07) is 5.11. The van der Waals surface area contributed by atoms with E-state index in [0.29, 0.717) is 24.5 Å². The first kappa shape index (κ1) is 16.1. The number of rotatable bonds is 7. The Bertz CT molecular complexity index is 515. The van der Waals surface area contributed by atoms with Crippen molar-refractivity contribution in [1.29, 1.82) is 0 Å². The number of sulfonamides is 1. The van der Waals surface area contributed by atoms with E-state index in [1.165, 1.54) is 0 Å². The molecule has 0 amide bonds. The summed E-state index contributed by atoms with van der Waals surface area (Å²) in [6.07, 6.45) is 0.540. The number of aryl methyl sites for hydroxylation is 2. The van der Waals surface area contributed by atoms with E-state index >= 15 is 0 Å². The van der Waals surface area contributed by atoms with E-state index in [1.54, 1.807) is 26.2 Å². The summed E-state index contributed by atoms with van der Waals surface area (Å²) in [7, 11) is -1.90. The van der Waals surface area contributed by atoms with Crippen LogP contribution in [0.15, 0.2) is 23.1 Å². The summed E-state index contributed by atoms with van der Waals surface area (Å²) in [5, 5.41) is 0. The smallest absolute Gasteiger partial charge is 0.240 e. The van der Waals surface area contributed by atoms with Crippen molar-refractivity contribution in [3.8, 4) is 0 Å². The molecule has 0 radical (unpaired) electrons. The van der Waals surface area contributed by atoms with Crippen molar-refractivity contribution in [1.82, 2.24) is 4.72 Å². The minimum Gasteiger partial charge on any atom is -0.383 e.